The predicted molar refractivity (Wildman–Crippen MR) is 48.2 cm³/mol. The van der Waals surface area contributed by atoms with Crippen molar-refractivity contribution in [2.75, 3.05) is 0 Å². The van der Waals surface area contributed by atoms with Crippen molar-refractivity contribution in [3.05, 3.63) is 0 Å². The standard InChI is InChI=1S/C10H12F2O4/c11-10(12)5-8(6(13)14)1-3-9(10,4-2-8)7(15)16/h1-5H2,(H,13,14)(H,15,16). The summed E-state index contributed by atoms with van der Waals surface area (Å²) in [5.41, 5.74) is -3.45. The zero-order valence-corrected chi connectivity index (χ0v) is 8.50. The molecule has 3 aliphatic carbocycles. The molecule has 0 aromatic rings. The molecule has 0 amide bonds. The third kappa shape index (κ3) is 1.13. The molecule has 3 fully saturated rings. The summed E-state index contributed by atoms with van der Waals surface area (Å²) < 4.78 is 27.5. The van der Waals surface area contributed by atoms with Gasteiger partial charge in [0.05, 0.1) is 5.41 Å². The second-order valence-corrected chi connectivity index (χ2v) is 4.85. The molecular formula is C10H12F2O4. The number of alkyl halides is 2. The minimum Gasteiger partial charge on any atom is -0.481 e. The van der Waals surface area contributed by atoms with Gasteiger partial charge < -0.3 is 10.2 Å². The molecule has 3 rings (SSSR count). The summed E-state index contributed by atoms with van der Waals surface area (Å²) in [5.74, 6) is -6.16. The van der Waals surface area contributed by atoms with E-state index in [-0.39, 0.29) is 25.7 Å². The Hall–Kier alpha value is -1.20. The minimum absolute atomic E-state index is 0.0320. The molecule has 0 spiro atoms. The molecule has 2 bridgehead atoms. The van der Waals surface area contributed by atoms with Crippen molar-refractivity contribution in [3.63, 3.8) is 0 Å². The van der Waals surface area contributed by atoms with Crippen LogP contribution in [0.3, 0.4) is 0 Å². The Balaban J connectivity index is 2.41. The molecule has 0 saturated heterocycles. The zero-order valence-electron chi connectivity index (χ0n) is 8.50. The number of rotatable bonds is 2. The lowest BCUT2D eigenvalue weighted by molar-refractivity contribution is -0.233. The Bertz CT molecular complexity index is 356. The highest BCUT2D eigenvalue weighted by Crippen LogP contribution is 2.63. The van der Waals surface area contributed by atoms with Crippen molar-refractivity contribution in [3.8, 4) is 0 Å². The van der Waals surface area contributed by atoms with Gasteiger partial charge in [-0.25, -0.2) is 8.78 Å². The fourth-order valence-electron chi connectivity index (χ4n) is 2.95. The van der Waals surface area contributed by atoms with Crippen LogP contribution in [0.15, 0.2) is 0 Å². The van der Waals surface area contributed by atoms with Gasteiger partial charge in [0.2, 0.25) is 0 Å². The summed E-state index contributed by atoms with van der Waals surface area (Å²) in [6.07, 6.45) is -1.28. The van der Waals surface area contributed by atoms with E-state index in [1.165, 1.54) is 0 Å². The van der Waals surface area contributed by atoms with E-state index >= 15 is 0 Å². The van der Waals surface area contributed by atoms with Crippen LogP contribution in [-0.4, -0.2) is 28.1 Å². The Kier molecular flexibility index (Phi) is 2.06. The first-order valence-corrected chi connectivity index (χ1v) is 5.10. The molecule has 16 heavy (non-hydrogen) atoms. The third-order valence-electron chi connectivity index (χ3n) is 4.18. The van der Waals surface area contributed by atoms with Gasteiger partial charge in [-0.2, -0.15) is 0 Å². The van der Waals surface area contributed by atoms with E-state index in [0.717, 1.165) is 0 Å². The number of hydrogen-bond donors (Lipinski definition) is 2. The highest BCUT2D eigenvalue weighted by molar-refractivity contribution is 5.81. The lowest BCUT2D eigenvalue weighted by atomic mass is 9.52. The van der Waals surface area contributed by atoms with Crippen molar-refractivity contribution in [1.29, 1.82) is 0 Å². The molecule has 3 saturated carbocycles. The number of carboxylic acid groups (broad SMARTS) is 2. The molecule has 0 atom stereocenters. The Morgan fingerprint density at radius 2 is 1.44 bits per heavy atom. The lowest BCUT2D eigenvalue weighted by Crippen LogP contribution is -2.60. The highest BCUT2D eigenvalue weighted by atomic mass is 19.3. The summed E-state index contributed by atoms with van der Waals surface area (Å²) in [4.78, 5) is 22.0. The van der Waals surface area contributed by atoms with Crippen LogP contribution in [0, 0.1) is 10.8 Å². The molecule has 0 unspecified atom stereocenters. The average molecular weight is 234 g/mol. The number of carboxylic acids is 2. The number of hydrogen-bond acceptors (Lipinski definition) is 2. The molecule has 4 nitrogen and oxygen atoms in total. The molecule has 2 N–H and O–H groups in total. The maximum Gasteiger partial charge on any atom is 0.315 e. The Morgan fingerprint density at radius 1 is 0.938 bits per heavy atom. The fraction of sp³-hybridized carbons (Fsp3) is 0.800. The SMILES string of the molecule is O=C(O)C12CCC(C(=O)O)(CC1)C(F)(F)C2. The topological polar surface area (TPSA) is 74.6 Å². The van der Waals surface area contributed by atoms with Gasteiger partial charge in [-0.05, 0) is 25.7 Å². The number of halogens is 2. The first kappa shape index (κ1) is 11.3. The molecule has 90 valence electrons. The number of fused-ring (bicyclic) bond motifs is 3. The summed E-state index contributed by atoms with van der Waals surface area (Å²) in [7, 11) is 0. The van der Waals surface area contributed by atoms with E-state index in [2.05, 4.69) is 0 Å². The van der Waals surface area contributed by atoms with Gasteiger partial charge in [0.25, 0.3) is 5.92 Å². The maximum absolute atomic E-state index is 13.8. The van der Waals surface area contributed by atoms with Gasteiger partial charge >= 0.3 is 11.9 Å². The zero-order chi connectivity index (χ0) is 12.2. The van der Waals surface area contributed by atoms with Crippen molar-refractivity contribution < 1.29 is 28.6 Å². The second-order valence-electron chi connectivity index (χ2n) is 4.85. The number of carbonyl (C=O) groups is 2. The van der Waals surface area contributed by atoms with E-state index < -0.39 is 35.1 Å². The predicted octanol–water partition coefficient (Wildman–Crippen LogP) is 1.74. The van der Waals surface area contributed by atoms with Gasteiger partial charge in [-0.15, -0.1) is 0 Å². The Morgan fingerprint density at radius 3 is 1.75 bits per heavy atom. The van der Waals surface area contributed by atoms with E-state index in [4.69, 9.17) is 10.2 Å². The lowest BCUT2D eigenvalue weighted by Gasteiger charge is -2.53. The van der Waals surface area contributed by atoms with Crippen LogP contribution in [0.4, 0.5) is 8.78 Å². The maximum atomic E-state index is 13.8. The summed E-state index contributed by atoms with van der Waals surface area (Å²) in [5, 5.41) is 17.9. The van der Waals surface area contributed by atoms with Crippen LogP contribution in [0.25, 0.3) is 0 Å². The van der Waals surface area contributed by atoms with Crippen molar-refractivity contribution >= 4 is 11.9 Å². The normalized spacial score (nSPS) is 40.6. The Labute approximate surface area is 90.3 Å². The van der Waals surface area contributed by atoms with Crippen LogP contribution in [-0.2, 0) is 9.59 Å². The van der Waals surface area contributed by atoms with Crippen molar-refractivity contribution in [2.45, 2.75) is 38.0 Å². The van der Waals surface area contributed by atoms with E-state index in [9.17, 15) is 18.4 Å². The third-order valence-corrected chi connectivity index (χ3v) is 4.18. The first-order valence-electron chi connectivity index (χ1n) is 5.10. The minimum atomic E-state index is -3.42. The average Bonchev–Trinajstić information content (AvgIpc) is 2.16. The summed E-state index contributed by atoms with van der Waals surface area (Å²) in [6.45, 7) is 0. The van der Waals surface area contributed by atoms with Gasteiger partial charge in [0.1, 0.15) is 5.41 Å². The quantitative estimate of drug-likeness (QED) is 0.763. The molecule has 0 heterocycles. The van der Waals surface area contributed by atoms with Crippen LogP contribution < -0.4 is 0 Å². The number of aliphatic carboxylic acids is 2. The van der Waals surface area contributed by atoms with Crippen LogP contribution in [0.5, 0.6) is 0 Å². The van der Waals surface area contributed by atoms with E-state index in [0.29, 0.717) is 0 Å². The largest absolute Gasteiger partial charge is 0.481 e. The van der Waals surface area contributed by atoms with Gasteiger partial charge in [-0.3, -0.25) is 9.59 Å². The first-order chi connectivity index (χ1) is 7.26. The van der Waals surface area contributed by atoms with Gasteiger partial charge in [-0.1, -0.05) is 0 Å². The monoisotopic (exact) mass is 234 g/mol. The van der Waals surface area contributed by atoms with Crippen molar-refractivity contribution in [2.24, 2.45) is 10.8 Å². The molecule has 3 aliphatic rings. The van der Waals surface area contributed by atoms with Crippen LogP contribution >= 0.6 is 0 Å². The fourth-order valence-corrected chi connectivity index (χ4v) is 2.95. The van der Waals surface area contributed by atoms with Crippen LogP contribution in [0.2, 0.25) is 0 Å². The van der Waals surface area contributed by atoms with E-state index in [1.807, 2.05) is 0 Å². The van der Waals surface area contributed by atoms with E-state index in [1.54, 1.807) is 0 Å². The van der Waals surface area contributed by atoms with Crippen LogP contribution in [0.1, 0.15) is 32.1 Å². The second kappa shape index (κ2) is 2.93. The molecule has 0 aromatic carbocycles. The smallest absolute Gasteiger partial charge is 0.315 e. The molecule has 0 radical (unpaired) electrons. The molecule has 0 aromatic heterocycles. The van der Waals surface area contributed by atoms with Crippen molar-refractivity contribution in [1.82, 2.24) is 0 Å². The molecular weight excluding hydrogens is 222 g/mol. The molecule has 0 aliphatic heterocycles. The summed E-state index contributed by atoms with van der Waals surface area (Å²) >= 11 is 0. The molecule has 6 heteroatoms. The van der Waals surface area contributed by atoms with Gasteiger partial charge in [0, 0.05) is 6.42 Å². The summed E-state index contributed by atoms with van der Waals surface area (Å²) in [6, 6.07) is 0. The highest BCUT2D eigenvalue weighted by Gasteiger charge is 2.70. The van der Waals surface area contributed by atoms with Gasteiger partial charge in [0.15, 0.2) is 0 Å².